The van der Waals surface area contributed by atoms with Crippen LogP contribution in [0.25, 0.3) is 0 Å². The van der Waals surface area contributed by atoms with E-state index in [1.165, 1.54) is 12.3 Å². The Morgan fingerprint density at radius 3 is 2.56 bits per heavy atom. The van der Waals surface area contributed by atoms with Crippen LogP contribution < -0.4 is 4.90 Å². The van der Waals surface area contributed by atoms with Gasteiger partial charge in [-0.25, -0.2) is 0 Å². The van der Waals surface area contributed by atoms with Gasteiger partial charge in [-0.15, -0.1) is 0 Å². The predicted octanol–water partition coefficient (Wildman–Crippen LogP) is 3.60. The number of carbonyl (C=O) groups is 2. The topological polar surface area (TPSA) is 70.8 Å². The van der Waals surface area contributed by atoms with Crippen LogP contribution in [0, 0.1) is 6.92 Å². The van der Waals surface area contributed by atoms with Crippen LogP contribution >= 0.6 is 0 Å². The maximum atomic E-state index is 13.2. The minimum Gasteiger partial charge on any atom is -0.461 e. The van der Waals surface area contributed by atoms with E-state index < -0.39 is 17.3 Å². The lowest BCUT2D eigenvalue weighted by Gasteiger charge is -2.23. The van der Waals surface area contributed by atoms with Crippen LogP contribution in [0.2, 0.25) is 0 Å². The molecule has 1 atom stereocenters. The van der Waals surface area contributed by atoms with E-state index in [1.807, 2.05) is 37.3 Å². The van der Waals surface area contributed by atoms with Gasteiger partial charge in [-0.2, -0.15) is 0 Å². The molecule has 1 aliphatic rings. The summed E-state index contributed by atoms with van der Waals surface area (Å²) in [6.45, 7) is 2.31. The molecule has 2 heterocycles. The Morgan fingerprint density at radius 2 is 1.81 bits per heavy atom. The molecule has 0 saturated heterocycles. The first-order valence-electron chi connectivity index (χ1n) is 8.76. The highest BCUT2D eigenvalue weighted by Crippen LogP contribution is 2.43. The number of anilines is 1. The number of furan rings is 1. The first-order chi connectivity index (χ1) is 13.0. The third-order valence-corrected chi connectivity index (χ3v) is 5.04. The van der Waals surface area contributed by atoms with Gasteiger partial charge >= 0.3 is 0 Å². The normalized spacial score (nSPS) is 18.6. The summed E-state index contributed by atoms with van der Waals surface area (Å²) in [6.07, 6.45) is 1.03. The van der Waals surface area contributed by atoms with Gasteiger partial charge in [-0.05, 0) is 36.2 Å². The van der Waals surface area contributed by atoms with Crippen molar-refractivity contribution in [1.29, 1.82) is 0 Å². The zero-order chi connectivity index (χ0) is 19.0. The van der Waals surface area contributed by atoms with Crippen LogP contribution in [0.15, 0.2) is 71.3 Å². The number of carbonyl (C=O) groups excluding carboxylic acids is 2. The molecule has 4 rings (SSSR count). The van der Waals surface area contributed by atoms with E-state index in [1.54, 1.807) is 29.2 Å². The van der Waals surface area contributed by atoms with E-state index in [9.17, 15) is 14.7 Å². The highest BCUT2D eigenvalue weighted by Gasteiger charge is 2.51. The fourth-order valence-electron chi connectivity index (χ4n) is 3.55. The number of Topliss-reactive ketones (excluding diaryl/α,β-unsaturated/α-hetero) is 1. The number of fused-ring (bicyclic) bond motifs is 1. The monoisotopic (exact) mass is 361 g/mol. The Morgan fingerprint density at radius 1 is 1.07 bits per heavy atom. The molecular weight excluding hydrogens is 342 g/mol. The molecule has 0 spiro atoms. The summed E-state index contributed by atoms with van der Waals surface area (Å²) in [5.41, 5.74) is 1.22. The number of nitrogens with zero attached hydrogens (tertiary/aromatic N) is 1. The van der Waals surface area contributed by atoms with Gasteiger partial charge in [0.15, 0.2) is 11.4 Å². The minimum absolute atomic E-state index is 0.131. The molecule has 1 aliphatic heterocycles. The molecule has 3 aromatic rings. The molecule has 0 unspecified atom stereocenters. The number of aryl methyl sites for hydroxylation is 1. The number of hydrogen-bond donors (Lipinski definition) is 1. The van der Waals surface area contributed by atoms with Gasteiger partial charge in [0.05, 0.1) is 24.9 Å². The number of para-hydroxylation sites is 1. The first kappa shape index (κ1) is 17.2. The quantitative estimate of drug-likeness (QED) is 0.705. The molecule has 0 fully saturated rings. The smallest absolute Gasteiger partial charge is 0.264 e. The van der Waals surface area contributed by atoms with Crippen molar-refractivity contribution in [2.45, 2.75) is 25.5 Å². The first-order valence-corrected chi connectivity index (χ1v) is 8.76. The van der Waals surface area contributed by atoms with Crippen LogP contribution in [0.1, 0.15) is 33.7 Å². The van der Waals surface area contributed by atoms with Gasteiger partial charge in [-0.3, -0.25) is 9.59 Å². The molecule has 5 nitrogen and oxygen atoms in total. The Bertz CT molecular complexity index is 1010. The highest BCUT2D eigenvalue weighted by atomic mass is 16.3. The molecule has 0 aliphatic carbocycles. The Balaban J connectivity index is 1.71. The second kappa shape index (κ2) is 6.52. The zero-order valence-electron chi connectivity index (χ0n) is 14.9. The van der Waals surface area contributed by atoms with Crippen LogP contribution in [-0.4, -0.2) is 16.8 Å². The Hall–Kier alpha value is -3.18. The summed E-state index contributed by atoms with van der Waals surface area (Å²) in [5, 5.41) is 11.2. The van der Waals surface area contributed by atoms with E-state index in [-0.39, 0.29) is 12.2 Å². The molecule has 27 heavy (non-hydrogen) atoms. The largest absolute Gasteiger partial charge is 0.461 e. The maximum absolute atomic E-state index is 13.2. The van der Waals surface area contributed by atoms with E-state index in [2.05, 4.69) is 0 Å². The molecule has 0 bridgehead atoms. The van der Waals surface area contributed by atoms with Gasteiger partial charge in [0.2, 0.25) is 5.78 Å². The molecule has 1 N–H and O–H groups in total. The number of ketones is 1. The lowest BCUT2D eigenvalue weighted by molar-refractivity contribution is -0.136. The van der Waals surface area contributed by atoms with Crippen LogP contribution in [0.4, 0.5) is 5.69 Å². The average Bonchev–Trinajstić information content (AvgIpc) is 3.27. The van der Waals surface area contributed by atoms with E-state index in [0.29, 0.717) is 17.8 Å². The number of rotatable bonds is 5. The summed E-state index contributed by atoms with van der Waals surface area (Å²) < 4.78 is 5.13. The molecule has 136 valence electrons. The third-order valence-electron chi connectivity index (χ3n) is 5.04. The van der Waals surface area contributed by atoms with Gasteiger partial charge in [0.25, 0.3) is 5.91 Å². The Kier molecular flexibility index (Phi) is 4.16. The van der Waals surface area contributed by atoms with Crippen LogP contribution in [0.3, 0.4) is 0 Å². The summed E-state index contributed by atoms with van der Waals surface area (Å²) in [5.74, 6) is -0.777. The summed E-state index contributed by atoms with van der Waals surface area (Å²) in [4.78, 5) is 27.3. The zero-order valence-corrected chi connectivity index (χ0v) is 14.9. The fourth-order valence-corrected chi connectivity index (χ4v) is 3.55. The third kappa shape index (κ3) is 2.86. The highest BCUT2D eigenvalue weighted by molar-refractivity contribution is 6.10. The van der Waals surface area contributed by atoms with Crippen molar-refractivity contribution in [1.82, 2.24) is 0 Å². The number of hydrogen-bond acceptors (Lipinski definition) is 4. The molecule has 2 aromatic carbocycles. The summed E-state index contributed by atoms with van der Waals surface area (Å²) in [6, 6.07) is 18.0. The standard InChI is InChI=1S/C22H19NO4/c1-15-7-2-3-8-16(15)14-23-18-10-5-4-9-17(18)22(26,21(23)25)13-19(24)20-11-6-12-27-20/h2-12,26H,13-14H2,1H3/t22-/m0/s1. The summed E-state index contributed by atoms with van der Waals surface area (Å²) in [7, 11) is 0. The van der Waals surface area contributed by atoms with Crippen molar-refractivity contribution in [3.05, 3.63) is 89.4 Å². The van der Waals surface area contributed by atoms with E-state index >= 15 is 0 Å². The minimum atomic E-state index is -1.90. The fraction of sp³-hybridized carbons (Fsp3) is 0.182. The SMILES string of the molecule is Cc1ccccc1CN1C(=O)[C@](O)(CC(=O)c2ccco2)c2ccccc21. The van der Waals surface area contributed by atoms with Crippen molar-refractivity contribution in [2.75, 3.05) is 4.90 Å². The summed E-state index contributed by atoms with van der Waals surface area (Å²) >= 11 is 0. The second-order valence-corrected chi connectivity index (χ2v) is 6.77. The Labute approximate surface area is 156 Å². The predicted molar refractivity (Wildman–Crippen MR) is 100 cm³/mol. The van der Waals surface area contributed by atoms with Crippen molar-refractivity contribution >= 4 is 17.4 Å². The molecule has 1 aromatic heterocycles. The van der Waals surface area contributed by atoms with Gasteiger partial charge in [0.1, 0.15) is 0 Å². The van der Waals surface area contributed by atoms with Crippen molar-refractivity contribution in [2.24, 2.45) is 0 Å². The molecule has 5 heteroatoms. The lowest BCUT2D eigenvalue weighted by Crippen LogP contribution is -2.41. The molecule has 1 amide bonds. The lowest BCUT2D eigenvalue weighted by atomic mass is 9.89. The average molecular weight is 361 g/mol. The van der Waals surface area contributed by atoms with Crippen LogP contribution in [-0.2, 0) is 16.9 Å². The molecular formula is C22H19NO4. The van der Waals surface area contributed by atoms with Crippen LogP contribution in [0.5, 0.6) is 0 Å². The molecule has 0 saturated carbocycles. The number of benzene rings is 2. The van der Waals surface area contributed by atoms with E-state index in [4.69, 9.17) is 4.42 Å². The maximum Gasteiger partial charge on any atom is 0.264 e. The second-order valence-electron chi connectivity index (χ2n) is 6.77. The van der Waals surface area contributed by atoms with Crippen molar-refractivity contribution < 1.29 is 19.1 Å². The van der Waals surface area contributed by atoms with Gasteiger partial charge < -0.3 is 14.4 Å². The number of aliphatic hydroxyl groups is 1. The number of amides is 1. The molecule has 0 radical (unpaired) electrons. The van der Waals surface area contributed by atoms with Gasteiger partial charge in [0, 0.05) is 5.56 Å². The van der Waals surface area contributed by atoms with Crippen molar-refractivity contribution in [3.8, 4) is 0 Å². The van der Waals surface area contributed by atoms with Gasteiger partial charge in [-0.1, -0.05) is 42.5 Å². The van der Waals surface area contributed by atoms with Crippen molar-refractivity contribution in [3.63, 3.8) is 0 Å². The van der Waals surface area contributed by atoms with E-state index in [0.717, 1.165) is 11.1 Å².